The maximum Gasteiger partial charge on any atom is 0.122 e. The molecule has 1 aliphatic rings. The van der Waals surface area contributed by atoms with Crippen LogP contribution >= 0.6 is 0 Å². The van der Waals surface area contributed by atoms with E-state index in [0.717, 1.165) is 48.5 Å². The van der Waals surface area contributed by atoms with Gasteiger partial charge in [0, 0.05) is 19.1 Å². The molecule has 0 unspecified atom stereocenters. The van der Waals surface area contributed by atoms with Crippen LogP contribution in [-0.4, -0.2) is 25.5 Å². The van der Waals surface area contributed by atoms with Crippen LogP contribution in [-0.2, 0) is 4.74 Å². The molecule has 1 saturated heterocycles. The van der Waals surface area contributed by atoms with Crippen molar-refractivity contribution in [3.8, 4) is 5.75 Å². The number of nitrogens with one attached hydrogen (secondary N) is 1. The Balaban J connectivity index is 2.14. The molecule has 1 aliphatic heterocycles. The Bertz CT molecular complexity index is 514. The van der Waals surface area contributed by atoms with Crippen LogP contribution in [0.25, 0.3) is 5.57 Å². The first-order valence-corrected chi connectivity index (χ1v) is 6.93. The Morgan fingerprint density at radius 3 is 2.75 bits per heavy atom. The van der Waals surface area contributed by atoms with Crippen LogP contribution in [0.2, 0.25) is 0 Å². The van der Waals surface area contributed by atoms with Crippen LogP contribution in [0.15, 0.2) is 36.9 Å². The summed E-state index contributed by atoms with van der Waals surface area (Å²) in [4.78, 5) is 0. The minimum atomic E-state index is 0.254. The van der Waals surface area contributed by atoms with Gasteiger partial charge in [-0.15, -0.1) is 0 Å². The SMILES string of the molecule is C=C/C(=C\C=N)c1ccc(OC2CCOCC2)c(C)c1. The molecular weight excluding hydrogens is 250 g/mol. The number of aryl methyl sites for hydroxylation is 1. The number of hydrogen-bond acceptors (Lipinski definition) is 3. The summed E-state index contributed by atoms with van der Waals surface area (Å²) in [6.07, 6.45) is 6.93. The zero-order chi connectivity index (χ0) is 14.4. The molecule has 0 saturated carbocycles. The highest BCUT2D eigenvalue weighted by Crippen LogP contribution is 2.26. The summed E-state index contributed by atoms with van der Waals surface area (Å²) in [6, 6.07) is 6.09. The van der Waals surface area contributed by atoms with Gasteiger partial charge in [0.15, 0.2) is 0 Å². The van der Waals surface area contributed by atoms with Crippen LogP contribution in [0.5, 0.6) is 5.75 Å². The van der Waals surface area contributed by atoms with Crippen LogP contribution in [0.3, 0.4) is 0 Å². The van der Waals surface area contributed by atoms with Gasteiger partial charge in [-0.25, -0.2) is 0 Å². The van der Waals surface area contributed by atoms with Gasteiger partial charge in [0.1, 0.15) is 11.9 Å². The third-order valence-electron chi connectivity index (χ3n) is 3.45. The number of hydrogen-bond donors (Lipinski definition) is 1. The second-order valence-electron chi connectivity index (χ2n) is 4.90. The van der Waals surface area contributed by atoms with E-state index in [-0.39, 0.29) is 6.10 Å². The van der Waals surface area contributed by atoms with Gasteiger partial charge in [0.25, 0.3) is 0 Å². The first kappa shape index (κ1) is 14.5. The third kappa shape index (κ3) is 3.58. The molecule has 1 N–H and O–H groups in total. The maximum atomic E-state index is 7.17. The van der Waals surface area contributed by atoms with Crippen molar-refractivity contribution < 1.29 is 9.47 Å². The Morgan fingerprint density at radius 1 is 1.40 bits per heavy atom. The minimum absolute atomic E-state index is 0.254. The van der Waals surface area contributed by atoms with E-state index < -0.39 is 0 Å². The molecule has 3 nitrogen and oxygen atoms in total. The molecule has 0 radical (unpaired) electrons. The quantitative estimate of drug-likeness (QED) is 0.654. The van der Waals surface area contributed by atoms with Crippen molar-refractivity contribution in [3.63, 3.8) is 0 Å². The van der Waals surface area contributed by atoms with Crippen LogP contribution < -0.4 is 4.74 Å². The predicted octanol–water partition coefficient (Wildman–Crippen LogP) is 3.77. The average molecular weight is 271 g/mol. The summed E-state index contributed by atoms with van der Waals surface area (Å²) >= 11 is 0. The van der Waals surface area contributed by atoms with Gasteiger partial charge >= 0.3 is 0 Å². The molecular formula is C17H21NO2. The summed E-state index contributed by atoms with van der Waals surface area (Å²) in [6.45, 7) is 7.39. The fourth-order valence-electron chi connectivity index (χ4n) is 2.31. The van der Waals surface area contributed by atoms with E-state index in [1.54, 1.807) is 12.2 Å². The molecule has 3 heteroatoms. The molecule has 1 heterocycles. The molecule has 2 rings (SSSR count). The maximum absolute atomic E-state index is 7.17. The zero-order valence-corrected chi connectivity index (χ0v) is 11.9. The molecule has 0 bridgehead atoms. The van der Waals surface area contributed by atoms with Gasteiger partial charge in [0.05, 0.1) is 13.2 Å². The Kier molecular flexibility index (Phi) is 5.13. The van der Waals surface area contributed by atoms with Crippen molar-refractivity contribution in [2.24, 2.45) is 0 Å². The van der Waals surface area contributed by atoms with Crippen molar-refractivity contribution in [2.75, 3.05) is 13.2 Å². The summed E-state index contributed by atoms with van der Waals surface area (Å²) in [5.74, 6) is 0.930. The van der Waals surface area contributed by atoms with E-state index in [2.05, 4.69) is 12.6 Å². The van der Waals surface area contributed by atoms with Gasteiger partial charge in [-0.2, -0.15) is 0 Å². The molecule has 0 aromatic heterocycles. The fraction of sp³-hybridized carbons (Fsp3) is 0.353. The van der Waals surface area contributed by atoms with Gasteiger partial charge in [-0.05, 0) is 41.8 Å². The highest BCUT2D eigenvalue weighted by atomic mass is 16.5. The van der Waals surface area contributed by atoms with Crippen molar-refractivity contribution >= 4 is 11.8 Å². The average Bonchev–Trinajstić information content (AvgIpc) is 2.48. The first-order chi connectivity index (χ1) is 9.74. The molecule has 0 amide bonds. The highest BCUT2D eigenvalue weighted by molar-refractivity contribution is 5.87. The van der Waals surface area contributed by atoms with E-state index in [1.165, 1.54) is 6.21 Å². The molecule has 0 atom stereocenters. The summed E-state index contributed by atoms with van der Waals surface area (Å²) < 4.78 is 11.4. The Morgan fingerprint density at radius 2 is 2.15 bits per heavy atom. The second kappa shape index (κ2) is 7.06. The van der Waals surface area contributed by atoms with Crippen molar-refractivity contribution in [1.82, 2.24) is 0 Å². The largest absolute Gasteiger partial charge is 0.490 e. The van der Waals surface area contributed by atoms with E-state index in [4.69, 9.17) is 14.9 Å². The van der Waals surface area contributed by atoms with Crippen molar-refractivity contribution in [1.29, 1.82) is 5.41 Å². The van der Waals surface area contributed by atoms with Gasteiger partial charge < -0.3 is 14.9 Å². The van der Waals surface area contributed by atoms with Crippen molar-refractivity contribution in [2.45, 2.75) is 25.9 Å². The summed E-state index contributed by atoms with van der Waals surface area (Å²) in [5.41, 5.74) is 3.10. The monoisotopic (exact) mass is 271 g/mol. The lowest BCUT2D eigenvalue weighted by Crippen LogP contribution is -2.26. The van der Waals surface area contributed by atoms with Gasteiger partial charge in [-0.3, -0.25) is 0 Å². The standard InChI is InChI=1S/C17H21NO2/c1-3-14(6-9-18)15-4-5-17(13(2)12-15)20-16-7-10-19-11-8-16/h3-6,9,12,16,18H,1,7-8,10-11H2,2H3/b14-6+,18-9?. The molecule has 20 heavy (non-hydrogen) atoms. The van der Waals surface area contributed by atoms with Crippen LogP contribution in [0, 0.1) is 12.3 Å². The van der Waals surface area contributed by atoms with Crippen LogP contribution in [0.4, 0.5) is 0 Å². The zero-order valence-electron chi connectivity index (χ0n) is 11.9. The molecule has 106 valence electrons. The molecule has 1 fully saturated rings. The van der Waals surface area contributed by atoms with Crippen molar-refractivity contribution in [3.05, 3.63) is 48.1 Å². The van der Waals surface area contributed by atoms with E-state index in [1.807, 2.05) is 19.1 Å². The number of allylic oxidation sites excluding steroid dienone is 3. The van der Waals surface area contributed by atoms with E-state index >= 15 is 0 Å². The summed E-state index contributed by atoms with van der Waals surface area (Å²) in [5, 5.41) is 7.17. The minimum Gasteiger partial charge on any atom is -0.490 e. The smallest absolute Gasteiger partial charge is 0.122 e. The lowest BCUT2D eigenvalue weighted by Gasteiger charge is -2.24. The van der Waals surface area contributed by atoms with Gasteiger partial charge in [0.2, 0.25) is 0 Å². The Labute approximate surface area is 120 Å². The third-order valence-corrected chi connectivity index (χ3v) is 3.45. The summed E-state index contributed by atoms with van der Waals surface area (Å²) in [7, 11) is 0. The second-order valence-corrected chi connectivity index (χ2v) is 4.90. The first-order valence-electron chi connectivity index (χ1n) is 6.93. The van der Waals surface area contributed by atoms with Crippen LogP contribution in [0.1, 0.15) is 24.0 Å². The van der Waals surface area contributed by atoms with E-state index in [0.29, 0.717) is 0 Å². The molecule has 0 aliphatic carbocycles. The highest BCUT2D eigenvalue weighted by Gasteiger charge is 2.16. The molecule has 1 aromatic rings. The lowest BCUT2D eigenvalue weighted by atomic mass is 10.0. The fourth-order valence-corrected chi connectivity index (χ4v) is 2.31. The van der Waals surface area contributed by atoms with Gasteiger partial charge in [-0.1, -0.05) is 18.7 Å². The van der Waals surface area contributed by atoms with E-state index in [9.17, 15) is 0 Å². The molecule has 0 spiro atoms. The normalized spacial score (nSPS) is 16.8. The topological polar surface area (TPSA) is 42.3 Å². The number of ether oxygens (including phenoxy) is 2. The number of benzene rings is 1. The number of rotatable bonds is 5. The molecule has 1 aromatic carbocycles. The Hall–Kier alpha value is -1.87. The lowest BCUT2D eigenvalue weighted by molar-refractivity contribution is 0.0253. The predicted molar refractivity (Wildman–Crippen MR) is 82.6 cm³/mol.